The molecule has 0 saturated carbocycles. The van der Waals surface area contributed by atoms with Crippen LogP contribution in [0.1, 0.15) is 147 Å². The van der Waals surface area contributed by atoms with Gasteiger partial charge in [0.15, 0.2) is 0 Å². The molecule has 0 spiro atoms. The minimum Gasteiger partial charge on any atom is -0.374 e. The molecule has 0 radical (unpaired) electrons. The lowest BCUT2D eigenvalue weighted by molar-refractivity contribution is 0.0691. The lowest BCUT2D eigenvalue weighted by Crippen LogP contribution is -2.46. The van der Waals surface area contributed by atoms with Crippen LogP contribution in [0.4, 0.5) is 0 Å². The van der Waals surface area contributed by atoms with Crippen molar-refractivity contribution in [3.8, 4) is 0 Å². The Labute approximate surface area is 435 Å². The number of hydrogen-bond donors (Lipinski definition) is 0. The first-order chi connectivity index (χ1) is 34.0. The summed E-state index contributed by atoms with van der Waals surface area (Å²) < 4.78 is 74.8. The van der Waals surface area contributed by atoms with Gasteiger partial charge in [-0.3, -0.25) is 0 Å². The second-order valence-corrected chi connectivity index (χ2v) is 28.8. The van der Waals surface area contributed by atoms with Crippen molar-refractivity contribution in [1.29, 1.82) is 0 Å². The van der Waals surface area contributed by atoms with Crippen LogP contribution in [-0.2, 0) is 53.1 Å². The van der Waals surface area contributed by atoms with E-state index in [1.165, 1.54) is 0 Å². The average molecular weight is 1070 g/mol. The van der Waals surface area contributed by atoms with Crippen LogP contribution < -0.4 is 0 Å². The van der Waals surface area contributed by atoms with Gasteiger partial charge in [-0.15, -0.1) is 0 Å². The van der Waals surface area contributed by atoms with Gasteiger partial charge in [-0.05, 0) is 200 Å². The summed E-state index contributed by atoms with van der Waals surface area (Å²) in [6, 6.07) is 3.43. The summed E-state index contributed by atoms with van der Waals surface area (Å²) in [7, 11) is -10.7. The maximum absolute atomic E-state index is 6.23. The highest BCUT2D eigenvalue weighted by Gasteiger charge is 2.42. The Hall–Kier alpha value is 0.228. The van der Waals surface area contributed by atoms with E-state index in [1.54, 1.807) is 0 Å². The molecule has 0 aromatic rings. The second-order valence-electron chi connectivity index (χ2n) is 17.8. The molecule has 0 atom stereocenters. The Morgan fingerprint density at radius 1 is 0.229 bits per heavy atom. The fraction of sp³-hybridized carbons (Fsp3) is 1.00. The van der Waals surface area contributed by atoms with Gasteiger partial charge in [-0.25, -0.2) is 0 Å². The lowest BCUT2D eigenvalue weighted by atomic mass is 10.2. The predicted octanol–water partition coefficient (Wildman–Crippen LogP) is 9.30. The monoisotopic (exact) mass is 1070 g/mol. The van der Waals surface area contributed by atoms with Gasteiger partial charge in [0, 0.05) is 130 Å². The van der Waals surface area contributed by atoms with Crippen LogP contribution in [0, 0.1) is 0 Å². The SMILES string of the molecule is CCO[Si](CCCCN1CCCN(CCCC[Si](OCC)(OCC)OCC)CCN(CCCC[Si](OCC)(OCC)OCC)CCCN(CCCC[Si](OCC)(OCC)OCC)CC1)(OCC)OCC. The van der Waals surface area contributed by atoms with Gasteiger partial charge in [-0.2, -0.15) is 0 Å². The van der Waals surface area contributed by atoms with Gasteiger partial charge < -0.3 is 72.7 Å². The van der Waals surface area contributed by atoms with Crippen LogP contribution in [0.15, 0.2) is 0 Å². The van der Waals surface area contributed by atoms with Gasteiger partial charge in [0.25, 0.3) is 0 Å². The van der Waals surface area contributed by atoms with Crippen molar-refractivity contribution in [2.24, 2.45) is 0 Å². The Bertz CT molecular complexity index is 947. The largest absolute Gasteiger partial charge is 0.500 e. The van der Waals surface area contributed by atoms with Crippen molar-refractivity contribution in [1.82, 2.24) is 19.6 Å². The van der Waals surface area contributed by atoms with E-state index in [1.807, 2.05) is 83.1 Å². The molecule has 0 amide bonds. The number of nitrogens with zero attached hydrogens (tertiary/aromatic N) is 4. The predicted molar refractivity (Wildman–Crippen MR) is 294 cm³/mol. The van der Waals surface area contributed by atoms with Crippen molar-refractivity contribution < 1.29 is 53.1 Å². The zero-order valence-electron chi connectivity index (χ0n) is 47.6. The normalized spacial score (nSPS) is 16.6. The first-order valence-corrected chi connectivity index (χ1v) is 36.3. The van der Waals surface area contributed by atoms with Gasteiger partial charge in [0.2, 0.25) is 0 Å². The summed E-state index contributed by atoms with van der Waals surface area (Å²) in [6.07, 6.45) is 10.7. The van der Waals surface area contributed by atoms with Crippen LogP contribution in [0.3, 0.4) is 0 Å². The maximum Gasteiger partial charge on any atom is 0.500 e. The highest BCUT2D eigenvalue weighted by molar-refractivity contribution is 6.61. The van der Waals surface area contributed by atoms with Crippen LogP contribution in [0.5, 0.6) is 0 Å². The molecule has 20 heteroatoms. The number of rotatable bonds is 44. The van der Waals surface area contributed by atoms with E-state index in [0.29, 0.717) is 79.3 Å². The zero-order valence-corrected chi connectivity index (χ0v) is 51.6. The highest BCUT2D eigenvalue weighted by Crippen LogP contribution is 2.24. The second kappa shape index (κ2) is 43.3. The van der Waals surface area contributed by atoms with Crippen molar-refractivity contribution in [2.45, 2.75) is 171 Å². The smallest absolute Gasteiger partial charge is 0.374 e. The molecule has 1 fully saturated rings. The summed E-state index contributed by atoms with van der Waals surface area (Å²) in [4.78, 5) is 10.9. The maximum atomic E-state index is 6.23. The molecule has 70 heavy (non-hydrogen) atoms. The number of hydrogen-bond acceptors (Lipinski definition) is 16. The summed E-state index contributed by atoms with van der Waals surface area (Å²) in [5, 5.41) is 0. The van der Waals surface area contributed by atoms with Crippen molar-refractivity contribution >= 4 is 35.2 Å². The zero-order chi connectivity index (χ0) is 51.7. The average Bonchev–Trinajstić information content (AvgIpc) is 3.32. The van der Waals surface area contributed by atoms with Gasteiger partial charge in [0.1, 0.15) is 0 Å². The molecule has 1 saturated heterocycles. The molecule has 0 aromatic heterocycles. The third-order valence-corrected chi connectivity index (χ3v) is 25.2. The molecule has 0 unspecified atom stereocenters. The molecular formula is C50H112N4O12Si4. The van der Waals surface area contributed by atoms with Crippen LogP contribution >= 0.6 is 0 Å². The topological polar surface area (TPSA) is 124 Å². The van der Waals surface area contributed by atoms with E-state index in [2.05, 4.69) is 19.6 Å². The van der Waals surface area contributed by atoms with E-state index in [0.717, 1.165) is 167 Å². The first kappa shape index (κ1) is 68.2. The molecule has 1 aliphatic rings. The van der Waals surface area contributed by atoms with Crippen LogP contribution in [-0.4, -0.2) is 213 Å². The third-order valence-electron chi connectivity index (χ3n) is 12.6. The number of unbranched alkanes of at least 4 members (excludes halogenated alkanes) is 4. The van der Waals surface area contributed by atoms with Gasteiger partial charge >= 0.3 is 35.2 Å². The molecule has 0 aromatic carbocycles. The summed E-state index contributed by atoms with van der Waals surface area (Å²) in [5.74, 6) is 0. The molecule has 16 nitrogen and oxygen atoms in total. The Morgan fingerprint density at radius 3 is 0.529 bits per heavy atom. The quantitative estimate of drug-likeness (QED) is 0.0425. The summed E-state index contributed by atoms with van der Waals surface area (Å²) in [6.45, 7) is 44.6. The van der Waals surface area contributed by atoms with Gasteiger partial charge in [-0.1, -0.05) is 0 Å². The Morgan fingerprint density at radius 2 is 0.386 bits per heavy atom. The first-order valence-electron chi connectivity index (χ1n) is 28.6. The molecular weight excluding hydrogens is 961 g/mol. The van der Waals surface area contributed by atoms with Crippen LogP contribution in [0.2, 0.25) is 24.2 Å². The fourth-order valence-electron chi connectivity index (χ4n) is 9.66. The minimum absolute atomic E-state index is 0.613. The van der Waals surface area contributed by atoms with Crippen molar-refractivity contribution in [3.63, 3.8) is 0 Å². The van der Waals surface area contributed by atoms with Gasteiger partial charge in [0.05, 0.1) is 0 Å². The fourth-order valence-corrected chi connectivity index (χ4v) is 20.4. The molecule has 1 rings (SSSR count). The van der Waals surface area contributed by atoms with Crippen molar-refractivity contribution in [3.05, 3.63) is 0 Å². The van der Waals surface area contributed by atoms with E-state index >= 15 is 0 Å². The molecule has 1 aliphatic heterocycles. The van der Waals surface area contributed by atoms with E-state index < -0.39 is 35.2 Å². The van der Waals surface area contributed by atoms with Crippen molar-refractivity contribution in [2.75, 3.05) is 158 Å². The Kier molecular flexibility index (Phi) is 42.3. The minimum atomic E-state index is -2.68. The highest BCUT2D eigenvalue weighted by atomic mass is 28.4. The van der Waals surface area contributed by atoms with E-state index in [-0.39, 0.29) is 0 Å². The standard InChI is InChI=1S/C50H112N4O12Si4/c1-13-55-67(56-14-2,57-15-3)47-29-25-35-51-39-33-40-53(37-27-31-49-69(61-19-7,62-20-8)63-21-9)45-46-54(38-28-32-50-70(64-22-10,65-23-11)66-24-12)42-34-41-52(44-43-51)36-26-30-48-68(58-16-4,59-17-5)60-18-6/h13-50H2,1-12H3. The molecule has 0 bridgehead atoms. The van der Waals surface area contributed by atoms with Crippen LogP contribution in [0.25, 0.3) is 0 Å². The summed E-state index contributed by atoms with van der Waals surface area (Å²) in [5.41, 5.74) is 0. The third kappa shape index (κ3) is 29.5. The molecule has 0 aliphatic carbocycles. The molecule has 420 valence electrons. The summed E-state index contributed by atoms with van der Waals surface area (Å²) >= 11 is 0. The molecule has 1 heterocycles. The Balaban J connectivity index is 3.37. The lowest BCUT2D eigenvalue weighted by Gasteiger charge is -2.33. The van der Waals surface area contributed by atoms with E-state index in [4.69, 9.17) is 53.1 Å². The van der Waals surface area contributed by atoms with E-state index in [9.17, 15) is 0 Å². The molecule has 0 N–H and O–H groups in total.